The van der Waals surface area contributed by atoms with Crippen molar-refractivity contribution < 1.29 is 9.18 Å². The Kier molecular flexibility index (Phi) is 3.25. The molecule has 0 unspecified atom stereocenters. The molecule has 1 aromatic carbocycles. The fraction of sp³-hybridized carbons (Fsp3) is 0.417. The molecule has 0 radical (unpaired) electrons. The molecule has 0 heterocycles. The van der Waals surface area contributed by atoms with Gasteiger partial charge in [0.2, 0.25) is 0 Å². The smallest absolute Gasteiger partial charge is 0.150 e. The Balaban J connectivity index is 3.16. The van der Waals surface area contributed by atoms with E-state index < -0.39 is 5.54 Å². The third-order valence-corrected chi connectivity index (χ3v) is 2.19. The standard InChI is InChI=1S/C12H16FNO/c1-8-4-9(6-12(2,3)14)10(7-15)5-11(8)13/h4-5,7H,6,14H2,1-3H3. The zero-order valence-corrected chi connectivity index (χ0v) is 9.30. The Morgan fingerprint density at radius 2 is 2.07 bits per heavy atom. The summed E-state index contributed by atoms with van der Waals surface area (Å²) < 4.78 is 13.2. The second-order valence-corrected chi connectivity index (χ2v) is 4.58. The summed E-state index contributed by atoms with van der Waals surface area (Å²) in [6.45, 7) is 5.43. The number of carbonyl (C=O) groups is 1. The van der Waals surface area contributed by atoms with Crippen molar-refractivity contribution in [3.63, 3.8) is 0 Å². The van der Waals surface area contributed by atoms with E-state index in [-0.39, 0.29) is 5.82 Å². The van der Waals surface area contributed by atoms with Crippen LogP contribution < -0.4 is 5.73 Å². The molecule has 0 atom stereocenters. The van der Waals surface area contributed by atoms with Gasteiger partial charge in [0.25, 0.3) is 0 Å². The third-order valence-electron chi connectivity index (χ3n) is 2.19. The second kappa shape index (κ2) is 4.11. The van der Waals surface area contributed by atoms with Crippen molar-refractivity contribution in [2.75, 3.05) is 0 Å². The van der Waals surface area contributed by atoms with Crippen molar-refractivity contribution >= 4 is 6.29 Å². The molecule has 1 rings (SSSR count). The molecule has 0 spiro atoms. The molecular formula is C12H16FNO. The summed E-state index contributed by atoms with van der Waals surface area (Å²) in [6.07, 6.45) is 1.23. The minimum Gasteiger partial charge on any atom is -0.325 e. The van der Waals surface area contributed by atoms with Crippen LogP contribution in [0.1, 0.15) is 35.3 Å². The normalized spacial score (nSPS) is 11.5. The highest BCUT2D eigenvalue weighted by atomic mass is 19.1. The van der Waals surface area contributed by atoms with Crippen LogP contribution in [0.4, 0.5) is 4.39 Å². The van der Waals surface area contributed by atoms with Gasteiger partial charge in [0.1, 0.15) is 12.1 Å². The van der Waals surface area contributed by atoms with Crippen molar-refractivity contribution in [2.45, 2.75) is 32.7 Å². The number of aldehydes is 1. The number of halogens is 1. The van der Waals surface area contributed by atoms with E-state index in [1.165, 1.54) is 6.07 Å². The Morgan fingerprint density at radius 1 is 1.47 bits per heavy atom. The van der Waals surface area contributed by atoms with Crippen molar-refractivity contribution in [3.05, 3.63) is 34.6 Å². The van der Waals surface area contributed by atoms with Gasteiger partial charge in [-0.25, -0.2) is 4.39 Å². The van der Waals surface area contributed by atoms with Crippen LogP contribution in [0.25, 0.3) is 0 Å². The van der Waals surface area contributed by atoms with E-state index in [0.29, 0.717) is 23.8 Å². The Morgan fingerprint density at radius 3 is 2.53 bits per heavy atom. The summed E-state index contributed by atoms with van der Waals surface area (Å²) in [5.41, 5.74) is 7.20. The lowest BCUT2D eigenvalue weighted by Crippen LogP contribution is -2.34. The molecule has 2 N–H and O–H groups in total. The number of hydrogen-bond acceptors (Lipinski definition) is 2. The maximum atomic E-state index is 13.2. The van der Waals surface area contributed by atoms with Crippen LogP contribution in [0.15, 0.2) is 12.1 Å². The number of carbonyl (C=O) groups excluding carboxylic acids is 1. The van der Waals surface area contributed by atoms with Crippen LogP contribution in [-0.2, 0) is 6.42 Å². The summed E-state index contributed by atoms with van der Waals surface area (Å²) in [5.74, 6) is -0.351. The Labute approximate surface area is 89.3 Å². The fourth-order valence-corrected chi connectivity index (χ4v) is 1.51. The Bertz CT molecular complexity index is 380. The molecule has 1 aromatic rings. The van der Waals surface area contributed by atoms with Gasteiger partial charge in [-0.3, -0.25) is 4.79 Å². The summed E-state index contributed by atoms with van der Waals surface area (Å²) >= 11 is 0. The van der Waals surface area contributed by atoms with Gasteiger partial charge in [-0.05, 0) is 44.4 Å². The van der Waals surface area contributed by atoms with Gasteiger partial charge in [-0.2, -0.15) is 0 Å². The molecule has 0 amide bonds. The quantitative estimate of drug-likeness (QED) is 0.776. The summed E-state index contributed by atoms with van der Waals surface area (Å²) in [6, 6.07) is 2.96. The zero-order chi connectivity index (χ0) is 11.6. The summed E-state index contributed by atoms with van der Waals surface area (Å²) in [5, 5.41) is 0. The third kappa shape index (κ3) is 3.13. The van der Waals surface area contributed by atoms with E-state index in [0.717, 1.165) is 5.56 Å². The molecule has 0 aliphatic rings. The number of hydrogen-bond donors (Lipinski definition) is 1. The number of nitrogens with two attached hydrogens (primary N) is 1. The van der Waals surface area contributed by atoms with E-state index in [4.69, 9.17) is 5.73 Å². The molecule has 0 bridgehead atoms. The first-order valence-corrected chi connectivity index (χ1v) is 4.86. The highest BCUT2D eigenvalue weighted by Gasteiger charge is 2.15. The number of aryl methyl sites for hydroxylation is 1. The fourth-order valence-electron chi connectivity index (χ4n) is 1.51. The Hall–Kier alpha value is -1.22. The van der Waals surface area contributed by atoms with Crippen LogP contribution in [-0.4, -0.2) is 11.8 Å². The predicted molar refractivity (Wildman–Crippen MR) is 58.5 cm³/mol. The van der Waals surface area contributed by atoms with Crippen LogP contribution >= 0.6 is 0 Å². The highest BCUT2D eigenvalue weighted by Crippen LogP contribution is 2.18. The van der Waals surface area contributed by atoms with Gasteiger partial charge in [0, 0.05) is 11.1 Å². The van der Waals surface area contributed by atoms with E-state index in [2.05, 4.69) is 0 Å². The average molecular weight is 209 g/mol. The molecule has 0 fully saturated rings. The van der Waals surface area contributed by atoms with E-state index in [1.807, 2.05) is 13.8 Å². The van der Waals surface area contributed by atoms with Crippen LogP contribution in [0.2, 0.25) is 0 Å². The average Bonchev–Trinajstić information content (AvgIpc) is 2.08. The lowest BCUT2D eigenvalue weighted by atomic mass is 9.92. The predicted octanol–water partition coefficient (Wildman–Crippen LogP) is 2.23. The van der Waals surface area contributed by atoms with Crippen LogP contribution in [0.5, 0.6) is 0 Å². The summed E-state index contributed by atoms with van der Waals surface area (Å²) in [4.78, 5) is 10.8. The van der Waals surface area contributed by atoms with E-state index >= 15 is 0 Å². The SMILES string of the molecule is Cc1cc(CC(C)(C)N)c(C=O)cc1F. The van der Waals surface area contributed by atoms with Gasteiger partial charge < -0.3 is 5.73 Å². The lowest BCUT2D eigenvalue weighted by molar-refractivity contribution is 0.112. The first-order chi connectivity index (χ1) is 6.83. The molecule has 0 aliphatic carbocycles. The van der Waals surface area contributed by atoms with E-state index in [1.54, 1.807) is 13.0 Å². The van der Waals surface area contributed by atoms with Gasteiger partial charge in [-0.1, -0.05) is 6.07 Å². The largest absolute Gasteiger partial charge is 0.325 e. The second-order valence-electron chi connectivity index (χ2n) is 4.58. The van der Waals surface area contributed by atoms with Crippen molar-refractivity contribution in [3.8, 4) is 0 Å². The molecule has 0 saturated heterocycles. The summed E-state index contributed by atoms with van der Waals surface area (Å²) in [7, 11) is 0. The van der Waals surface area contributed by atoms with E-state index in [9.17, 15) is 9.18 Å². The molecule has 0 aromatic heterocycles. The first-order valence-electron chi connectivity index (χ1n) is 4.86. The molecule has 0 saturated carbocycles. The zero-order valence-electron chi connectivity index (χ0n) is 9.30. The van der Waals surface area contributed by atoms with Gasteiger partial charge in [0.15, 0.2) is 0 Å². The van der Waals surface area contributed by atoms with Crippen LogP contribution in [0, 0.1) is 12.7 Å². The van der Waals surface area contributed by atoms with Crippen molar-refractivity contribution in [1.82, 2.24) is 0 Å². The molecule has 3 heteroatoms. The molecule has 0 aliphatic heterocycles. The van der Waals surface area contributed by atoms with Crippen molar-refractivity contribution in [2.24, 2.45) is 5.73 Å². The molecule has 82 valence electrons. The first kappa shape index (κ1) is 11.9. The number of benzene rings is 1. The van der Waals surface area contributed by atoms with Crippen molar-refractivity contribution in [1.29, 1.82) is 0 Å². The molecule has 15 heavy (non-hydrogen) atoms. The maximum Gasteiger partial charge on any atom is 0.150 e. The highest BCUT2D eigenvalue weighted by molar-refractivity contribution is 5.77. The lowest BCUT2D eigenvalue weighted by Gasteiger charge is -2.19. The molecule has 2 nitrogen and oxygen atoms in total. The topological polar surface area (TPSA) is 43.1 Å². The minimum atomic E-state index is -0.401. The minimum absolute atomic E-state index is 0.351. The molecular weight excluding hydrogens is 193 g/mol. The van der Waals surface area contributed by atoms with Gasteiger partial charge in [0.05, 0.1) is 0 Å². The maximum absolute atomic E-state index is 13.2. The van der Waals surface area contributed by atoms with Gasteiger partial charge >= 0.3 is 0 Å². The monoisotopic (exact) mass is 209 g/mol. The van der Waals surface area contributed by atoms with Crippen LogP contribution in [0.3, 0.4) is 0 Å². The number of rotatable bonds is 3. The van der Waals surface area contributed by atoms with Gasteiger partial charge in [-0.15, -0.1) is 0 Å².